The Kier molecular flexibility index (Phi) is 7.39. The van der Waals surface area contributed by atoms with Gasteiger partial charge in [0, 0.05) is 6.54 Å². The summed E-state index contributed by atoms with van der Waals surface area (Å²) < 4.78 is 4.83. The molecule has 0 aliphatic rings. The first-order valence-corrected chi connectivity index (χ1v) is 6.14. The maximum absolute atomic E-state index is 11.6. The minimum absolute atomic E-state index is 0.0119. The quantitative estimate of drug-likeness (QED) is 0.628. The van der Waals surface area contributed by atoms with Gasteiger partial charge in [-0.1, -0.05) is 27.7 Å². The second kappa shape index (κ2) is 7.66. The van der Waals surface area contributed by atoms with Gasteiger partial charge in [0.05, 0.1) is 13.0 Å². The maximum atomic E-state index is 11.6. The monoisotopic (exact) mass is 229 g/mol. The van der Waals surface area contributed by atoms with Crippen LogP contribution in [0.3, 0.4) is 0 Å². The van der Waals surface area contributed by atoms with Gasteiger partial charge in [-0.25, -0.2) is 0 Å². The zero-order chi connectivity index (χ0) is 12.7. The Morgan fingerprint density at radius 3 is 2.19 bits per heavy atom. The Morgan fingerprint density at radius 1 is 1.25 bits per heavy atom. The summed E-state index contributed by atoms with van der Waals surface area (Å²) in [5.74, 6) is 0.931. The number of esters is 1. The summed E-state index contributed by atoms with van der Waals surface area (Å²) in [7, 11) is 3.53. The highest BCUT2D eigenvalue weighted by atomic mass is 16.5. The molecule has 0 spiro atoms. The van der Waals surface area contributed by atoms with Crippen molar-refractivity contribution in [3.05, 3.63) is 0 Å². The number of ether oxygens (including phenoxy) is 1. The zero-order valence-corrected chi connectivity index (χ0v) is 11.6. The molecule has 0 saturated heterocycles. The Balaban J connectivity index is 4.13. The van der Waals surface area contributed by atoms with E-state index < -0.39 is 0 Å². The lowest BCUT2D eigenvalue weighted by Crippen LogP contribution is -2.35. The van der Waals surface area contributed by atoms with E-state index in [0.717, 1.165) is 13.1 Å². The molecule has 0 N–H and O–H groups in total. The standard InChI is InChI=1S/C13H27NO2/c1-10(2)7-8-14(5)9-12(11(3)4)13(15)16-6/h10-12H,7-9H2,1-6H3. The SMILES string of the molecule is COC(=O)C(CN(C)CCC(C)C)C(C)C. The van der Waals surface area contributed by atoms with Crippen LogP contribution in [0.1, 0.15) is 34.1 Å². The number of nitrogens with zero attached hydrogens (tertiary/aromatic N) is 1. The molecular formula is C13H27NO2. The highest BCUT2D eigenvalue weighted by Crippen LogP contribution is 2.14. The third-order valence-corrected chi connectivity index (χ3v) is 2.91. The summed E-state index contributed by atoms with van der Waals surface area (Å²) in [6.45, 7) is 10.4. The lowest BCUT2D eigenvalue weighted by atomic mass is 9.95. The van der Waals surface area contributed by atoms with Crippen LogP contribution < -0.4 is 0 Å². The Morgan fingerprint density at radius 2 is 1.81 bits per heavy atom. The molecule has 0 bridgehead atoms. The van der Waals surface area contributed by atoms with Gasteiger partial charge in [0.25, 0.3) is 0 Å². The van der Waals surface area contributed by atoms with Crippen LogP contribution in [-0.4, -0.2) is 38.1 Å². The molecule has 0 aliphatic heterocycles. The third-order valence-electron chi connectivity index (χ3n) is 2.91. The summed E-state index contributed by atoms with van der Waals surface area (Å²) in [6.07, 6.45) is 1.17. The number of rotatable bonds is 7. The molecule has 0 radical (unpaired) electrons. The topological polar surface area (TPSA) is 29.5 Å². The first-order chi connectivity index (χ1) is 7.38. The molecule has 1 unspecified atom stereocenters. The molecule has 3 heteroatoms. The minimum atomic E-state index is -0.0913. The van der Waals surface area contributed by atoms with Crippen molar-refractivity contribution in [2.45, 2.75) is 34.1 Å². The first kappa shape index (κ1) is 15.4. The second-order valence-electron chi connectivity index (χ2n) is 5.32. The lowest BCUT2D eigenvalue weighted by Gasteiger charge is -2.25. The van der Waals surface area contributed by atoms with E-state index in [1.165, 1.54) is 13.5 Å². The molecule has 96 valence electrons. The predicted octanol–water partition coefficient (Wildman–Crippen LogP) is 2.41. The second-order valence-corrected chi connectivity index (χ2v) is 5.32. The molecule has 16 heavy (non-hydrogen) atoms. The molecule has 0 amide bonds. The molecule has 0 saturated carbocycles. The molecule has 1 atom stereocenters. The molecule has 0 aromatic rings. The van der Waals surface area contributed by atoms with Crippen molar-refractivity contribution in [3.63, 3.8) is 0 Å². The van der Waals surface area contributed by atoms with Crippen molar-refractivity contribution >= 4 is 5.97 Å². The average molecular weight is 229 g/mol. The van der Waals surface area contributed by atoms with Crippen molar-refractivity contribution in [1.29, 1.82) is 0 Å². The van der Waals surface area contributed by atoms with E-state index >= 15 is 0 Å². The van der Waals surface area contributed by atoms with E-state index in [4.69, 9.17) is 4.74 Å². The van der Waals surface area contributed by atoms with E-state index in [-0.39, 0.29) is 11.9 Å². The number of methoxy groups -OCH3 is 1. The van der Waals surface area contributed by atoms with Crippen molar-refractivity contribution in [2.75, 3.05) is 27.2 Å². The summed E-state index contributed by atoms with van der Waals surface area (Å²) in [5.41, 5.74) is 0. The van der Waals surface area contributed by atoms with Gasteiger partial charge in [-0.15, -0.1) is 0 Å². The molecule has 0 aromatic carbocycles. The van der Waals surface area contributed by atoms with Crippen LogP contribution >= 0.6 is 0 Å². The van der Waals surface area contributed by atoms with Crippen LogP contribution in [-0.2, 0) is 9.53 Å². The van der Waals surface area contributed by atoms with Gasteiger partial charge in [0.2, 0.25) is 0 Å². The summed E-state index contributed by atoms with van der Waals surface area (Å²) >= 11 is 0. The van der Waals surface area contributed by atoms with Crippen LogP contribution in [0.15, 0.2) is 0 Å². The Bertz CT molecular complexity index is 202. The van der Waals surface area contributed by atoms with Crippen LogP contribution in [0.25, 0.3) is 0 Å². The lowest BCUT2D eigenvalue weighted by molar-refractivity contribution is -0.147. The number of carbonyl (C=O) groups excluding carboxylic acids is 1. The van der Waals surface area contributed by atoms with Gasteiger partial charge in [-0.2, -0.15) is 0 Å². The first-order valence-electron chi connectivity index (χ1n) is 6.14. The van der Waals surface area contributed by atoms with Crippen molar-refractivity contribution in [1.82, 2.24) is 4.90 Å². The van der Waals surface area contributed by atoms with Gasteiger partial charge in [0.1, 0.15) is 0 Å². The molecule has 0 aromatic heterocycles. The van der Waals surface area contributed by atoms with Crippen LogP contribution in [0, 0.1) is 17.8 Å². The van der Waals surface area contributed by atoms with Gasteiger partial charge < -0.3 is 9.64 Å². The molecule has 3 nitrogen and oxygen atoms in total. The number of hydrogen-bond acceptors (Lipinski definition) is 3. The molecule has 0 rings (SSSR count). The smallest absolute Gasteiger partial charge is 0.310 e. The van der Waals surface area contributed by atoms with E-state index in [1.807, 2.05) is 0 Å². The van der Waals surface area contributed by atoms with Gasteiger partial charge in [-0.3, -0.25) is 4.79 Å². The normalized spacial score (nSPS) is 13.6. The van der Waals surface area contributed by atoms with E-state index in [9.17, 15) is 4.79 Å². The molecule has 0 fully saturated rings. The fourth-order valence-corrected chi connectivity index (χ4v) is 1.61. The van der Waals surface area contributed by atoms with E-state index in [0.29, 0.717) is 11.8 Å². The summed E-state index contributed by atoms with van der Waals surface area (Å²) in [5, 5.41) is 0. The van der Waals surface area contributed by atoms with Gasteiger partial charge in [0.15, 0.2) is 0 Å². The fraction of sp³-hybridized carbons (Fsp3) is 0.923. The fourth-order valence-electron chi connectivity index (χ4n) is 1.61. The van der Waals surface area contributed by atoms with Gasteiger partial charge >= 0.3 is 5.97 Å². The van der Waals surface area contributed by atoms with E-state index in [1.54, 1.807) is 0 Å². The number of carbonyl (C=O) groups is 1. The van der Waals surface area contributed by atoms with Crippen LogP contribution in [0.4, 0.5) is 0 Å². The molecule has 0 aliphatic carbocycles. The average Bonchev–Trinajstić information content (AvgIpc) is 2.21. The van der Waals surface area contributed by atoms with Crippen molar-refractivity contribution in [3.8, 4) is 0 Å². The van der Waals surface area contributed by atoms with Crippen molar-refractivity contribution < 1.29 is 9.53 Å². The zero-order valence-electron chi connectivity index (χ0n) is 11.6. The highest BCUT2D eigenvalue weighted by Gasteiger charge is 2.24. The molecule has 0 heterocycles. The van der Waals surface area contributed by atoms with Crippen molar-refractivity contribution in [2.24, 2.45) is 17.8 Å². The maximum Gasteiger partial charge on any atom is 0.310 e. The van der Waals surface area contributed by atoms with Crippen LogP contribution in [0.2, 0.25) is 0 Å². The minimum Gasteiger partial charge on any atom is -0.469 e. The predicted molar refractivity (Wildman–Crippen MR) is 67.3 cm³/mol. The van der Waals surface area contributed by atoms with Crippen LogP contribution in [0.5, 0.6) is 0 Å². The van der Waals surface area contributed by atoms with Gasteiger partial charge in [-0.05, 0) is 31.8 Å². The summed E-state index contributed by atoms with van der Waals surface area (Å²) in [6, 6.07) is 0. The molecular weight excluding hydrogens is 202 g/mol. The summed E-state index contributed by atoms with van der Waals surface area (Å²) in [4.78, 5) is 13.8. The Labute approximate surface area is 100 Å². The third kappa shape index (κ3) is 6.11. The van der Waals surface area contributed by atoms with E-state index in [2.05, 4.69) is 39.6 Å². The largest absolute Gasteiger partial charge is 0.469 e. The number of hydrogen-bond donors (Lipinski definition) is 0. The Hall–Kier alpha value is -0.570. The highest BCUT2D eigenvalue weighted by molar-refractivity contribution is 5.72.